The molecule has 2 N–H and O–H groups in total. The summed E-state index contributed by atoms with van der Waals surface area (Å²) in [6, 6.07) is 7.11. The first kappa shape index (κ1) is 9.72. The van der Waals surface area contributed by atoms with E-state index in [4.69, 9.17) is 5.73 Å². The first-order valence-corrected chi connectivity index (χ1v) is 5.54. The van der Waals surface area contributed by atoms with Crippen LogP contribution in [0.4, 0.5) is 0 Å². The second kappa shape index (κ2) is 3.74. The minimum atomic E-state index is 0.290. The molecule has 0 amide bonds. The van der Waals surface area contributed by atoms with Crippen molar-refractivity contribution in [3.05, 3.63) is 34.9 Å². The Morgan fingerprint density at radius 3 is 2.93 bits per heavy atom. The molecule has 1 nitrogen and oxygen atoms in total. The van der Waals surface area contributed by atoms with E-state index in [0.717, 1.165) is 12.3 Å². The summed E-state index contributed by atoms with van der Waals surface area (Å²) in [6.07, 6.45) is 3.48. The molecule has 0 bridgehead atoms. The average molecular weight is 189 g/mol. The molecule has 1 aromatic rings. The number of nitrogens with two attached hydrogens (primary N) is 1. The van der Waals surface area contributed by atoms with Crippen LogP contribution in [-0.4, -0.2) is 0 Å². The van der Waals surface area contributed by atoms with Crippen LogP contribution in [0.1, 0.15) is 43.0 Å². The zero-order valence-electron chi connectivity index (χ0n) is 9.09. The van der Waals surface area contributed by atoms with Crippen molar-refractivity contribution in [3.8, 4) is 0 Å². The van der Waals surface area contributed by atoms with Crippen LogP contribution >= 0.6 is 0 Å². The molecular weight excluding hydrogens is 170 g/mol. The Kier molecular flexibility index (Phi) is 2.60. The molecule has 0 spiro atoms. The predicted octanol–water partition coefficient (Wildman–Crippen LogP) is 2.83. The SMILES string of the molecule is CC(C)Cc1ccc2c(c1)CC[C@@H]2N. The third-order valence-electron chi connectivity index (χ3n) is 2.98. The summed E-state index contributed by atoms with van der Waals surface area (Å²) in [5, 5.41) is 0. The molecule has 1 aliphatic rings. The molecule has 0 heterocycles. The largest absolute Gasteiger partial charge is 0.324 e. The normalized spacial score (nSPS) is 20.1. The molecular formula is C13H19N. The van der Waals surface area contributed by atoms with Crippen molar-refractivity contribution in [2.24, 2.45) is 11.7 Å². The van der Waals surface area contributed by atoms with Gasteiger partial charge in [0.1, 0.15) is 0 Å². The highest BCUT2D eigenvalue weighted by atomic mass is 14.6. The van der Waals surface area contributed by atoms with E-state index in [-0.39, 0.29) is 6.04 Å². The standard InChI is InChI=1S/C13H19N/c1-9(2)7-10-3-5-12-11(8-10)4-6-13(12)14/h3,5,8-9,13H,4,6-7,14H2,1-2H3/t13-/m0/s1. The Labute approximate surface area is 86.3 Å². The lowest BCUT2D eigenvalue weighted by Crippen LogP contribution is -2.05. The molecule has 0 fully saturated rings. The monoisotopic (exact) mass is 189 g/mol. The molecule has 2 rings (SSSR count). The Balaban J connectivity index is 2.24. The van der Waals surface area contributed by atoms with Gasteiger partial charge in [0, 0.05) is 6.04 Å². The molecule has 1 atom stereocenters. The summed E-state index contributed by atoms with van der Waals surface area (Å²) in [6.45, 7) is 4.53. The molecule has 1 aliphatic carbocycles. The van der Waals surface area contributed by atoms with Gasteiger partial charge in [0.2, 0.25) is 0 Å². The summed E-state index contributed by atoms with van der Waals surface area (Å²) in [5.41, 5.74) is 10.3. The fraction of sp³-hybridized carbons (Fsp3) is 0.538. The molecule has 76 valence electrons. The molecule has 14 heavy (non-hydrogen) atoms. The lowest BCUT2D eigenvalue weighted by molar-refractivity contribution is 0.647. The molecule has 0 aliphatic heterocycles. The van der Waals surface area contributed by atoms with E-state index >= 15 is 0 Å². The van der Waals surface area contributed by atoms with Crippen molar-refractivity contribution in [2.45, 2.75) is 39.2 Å². The summed E-state index contributed by atoms with van der Waals surface area (Å²) in [5.74, 6) is 0.739. The molecule has 1 heteroatoms. The highest BCUT2D eigenvalue weighted by molar-refractivity contribution is 5.37. The molecule has 0 saturated carbocycles. The second-order valence-electron chi connectivity index (χ2n) is 4.78. The van der Waals surface area contributed by atoms with Crippen molar-refractivity contribution in [1.29, 1.82) is 0 Å². The third-order valence-corrected chi connectivity index (χ3v) is 2.98. The summed E-state index contributed by atoms with van der Waals surface area (Å²) < 4.78 is 0. The van der Waals surface area contributed by atoms with Crippen molar-refractivity contribution >= 4 is 0 Å². The second-order valence-corrected chi connectivity index (χ2v) is 4.78. The quantitative estimate of drug-likeness (QED) is 0.760. The van der Waals surface area contributed by atoms with Crippen molar-refractivity contribution in [2.75, 3.05) is 0 Å². The number of aryl methyl sites for hydroxylation is 1. The minimum absolute atomic E-state index is 0.290. The van der Waals surface area contributed by atoms with Crippen LogP contribution in [0, 0.1) is 5.92 Å². The van der Waals surface area contributed by atoms with Gasteiger partial charge in [-0.2, -0.15) is 0 Å². The van der Waals surface area contributed by atoms with E-state index in [1.165, 1.54) is 29.5 Å². The fourth-order valence-corrected chi connectivity index (χ4v) is 2.30. The van der Waals surface area contributed by atoms with Gasteiger partial charge in [-0.3, -0.25) is 0 Å². The van der Waals surface area contributed by atoms with Crippen LogP contribution in [0.2, 0.25) is 0 Å². The first-order chi connectivity index (χ1) is 6.66. The average Bonchev–Trinajstić information content (AvgIpc) is 2.46. The van der Waals surface area contributed by atoms with Crippen molar-refractivity contribution in [1.82, 2.24) is 0 Å². The van der Waals surface area contributed by atoms with Crippen LogP contribution in [0.5, 0.6) is 0 Å². The van der Waals surface area contributed by atoms with Gasteiger partial charge >= 0.3 is 0 Å². The maximum Gasteiger partial charge on any atom is 0.0300 e. The van der Waals surface area contributed by atoms with Gasteiger partial charge in [-0.25, -0.2) is 0 Å². The van der Waals surface area contributed by atoms with Crippen LogP contribution in [-0.2, 0) is 12.8 Å². The first-order valence-electron chi connectivity index (χ1n) is 5.54. The maximum absolute atomic E-state index is 6.00. The summed E-state index contributed by atoms with van der Waals surface area (Å²) in [7, 11) is 0. The van der Waals surface area contributed by atoms with Gasteiger partial charge in [0.15, 0.2) is 0 Å². The molecule has 0 aromatic heterocycles. The Morgan fingerprint density at radius 1 is 1.43 bits per heavy atom. The lowest BCUT2D eigenvalue weighted by Gasteiger charge is -2.08. The summed E-state index contributed by atoms with van der Waals surface area (Å²) >= 11 is 0. The number of hydrogen-bond donors (Lipinski definition) is 1. The topological polar surface area (TPSA) is 26.0 Å². The zero-order chi connectivity index (χ0) is 10.1. The minimum Gasteiger partial charge on any atom is -0.324 e. The predicted molar refractivity (Wildman–Crippen MR) is 60.2 cm³/mol. The van der Waals surface area contributed by atoms with Gasteiger partial charge in [-0.1, -0.05) is 32.0 Å². The summed E-state index contributed by atoms with van der Waals surface area (Å²) in [4.78, 5) is 0. The van der Waals surface area contributed by atoms with Crippen LogP contribution in [0.15, 0.2) is 18.2 Å². The van der Waals surface area contributed by atoms with Crippen LogP contribution in [0.3, 0.4) is 0 Å². The molecule has 1 aromatic carbocycles. The number of benzene rings is 1. The van der Waals surface area contributed by atoms with E-state index in [9.17, 15) is 0 Å². The van der Waals surface area contributed by atoms with E-state index in [2.05, 4.69) is 32.0 Å². The van der Waals surface area contributed by atoms with E-state index in [1.54, 1.807) is 0 Å². The third kappa shape index (κ3) is 1.83. The maximum atomic E-state index is 6.00. The van der Waals surface area contributed by atoms with Crippen LogP contribution < -0.4 is 5.73 Å². The smallest absolute Gasteiger partial charge is 0.0300 e. The van der Waals surface area contributed by atoms with Gasteiger partial charge < -0.3 is 5.73 Å². The molecule has 0 unspecified atom stereocenters. The van der Waals surface area contributed by atoms with Crippen molar-refractivity contribution < 1.29 is 0 Å². The van der Waals surface area contributed by atoms with Gasteiger partial charge in [-0.05, 0) is 41.9 Å². The highest BCUT2D eigenvalue weighted by Gasteiger charge is 2.18. The lowest BCUT2D eigenvalue weighted by atomic mass is 9.98. The van der Waals surface area contributed by atoms with E-state index in [0.29, 0.717) is 0 Å². The number of rotatable bonds is 2. The fourth-order valence-electron chi connectivity index (χ4n) is 2.30. The van der Waals surface area contributed by atoms with Crippen molar-refractivity contribution in [3.63, 3.8) is 0 Å². The highest BCUT2D eigenvalue weighted by Crippen LogP contribution is 2.30. The molecule has 0 saturated heterocycles. The van der Waals surface area contributed by atoms with Gasteiger partial charge in [0.25, 0.3) is 0 Å². The van der Waals surface area contributed by atoms with Gasteiger partial charge in [0.05, 0.1) is 0 Å². The number of hydrogen-bond acceptors (Lipinski definition) is 1. The molecule has 0 radical (unpaired) electrons. The Hall–Kier alpha value is -0.820. The zero-order valence-corrected chi connectivity index (χ0v) is 9.09. The van der Waals surface area contributed by atoms with E-state index < -0.39 is 0 Å². The van der Waals surface area contributed by atoms with Gasteiger partial charge in [-0.15, -0.1) is 0 Å². The number of fused-ring (bicyclic) bond motifs is 1. The Morgan fingerprint density at radius 2 is 2.21 bits per heavy atom. The Bertz CT molecular complexity index is 328. The van der Waals surface area contributed by atoms with Crippen LogP contribution in [0.25, 0.3) is 0 Å². The van der Waals surface area contributed by atoms with E-state index in [1.807, 2.05) is 0 Å².